The van der Waals surface area contributed by atoms with Crippen LogP contribution in [-0.2, 0) is 14.9 Å². The number of hydrogen-bond acceptors (Lipinski definition) is 4. The Kier molecular flexibility index (Phi) is 7.47. The molecule has 0 aromatic heterocycles. The van der Waals surface area contributed by atoms with Crippen LogP contribution in [-0.4, -0.2) is 50.9 Å². The summed E-state index contributed by atoms with van der Waals surface area (Å²) in [5.41, 5.74) is 0.287. The number of halogens is 1. The number of unbranched alkanes of at least 4 members (excludes halogenated alkanes) is 1. The zero-order chi connectivity index (χ0) is 17.6. The third kappa shape index (κ3) is 4.67. The molecule has 1 aromatic carbocycles. The van der Waals surface area contributed by atoms with Crippen molar-refractivity contribution in [3.05, 3.63) is 28.8 Å². The van der Waals surface area contributed by atoms with Gasteiger partial charge in [-0.05, 0) is 31.5 Å². The molecule has 0 aliphatic heterocycles. The zero-order valence-corrected chi connectivity index (χ0v) is 15.4. The Hall–Kier alpha value is -1.15. The first kappa shape index (κ1) is 19.9. The Morgan fingerprint density at radius 2 is 1.96 bits per heavy atom. The molecule has 130 valence electrons. The van der Waals surface area contributed by atoms with Crippen LogP contribution >= 0.6 is 11.6 Å². The molecule has 8 heteroatoms. The second kappa shape index (κ2) is 8.63. The van der Waals surface area contributed by atoms with E-state index in [-0.39, 0.29) is 21.4 Å². The molecule has 0 saturated heterocycles. The summed E-state index contributed by atoms with van der Waals surface area (Å²) in [7, 11) is -1.41. The molecule has 0 N–H and O–H groups in total. The van der Waals surface area contributed by atoms with Crippen molar-refractivity contribution in [3.63, 3.8) is 0 Å². The van der Waals surface area contributed by atoms with E-state index < -0.39 is 10.0 Å². The van der Waals surface area contributed by atoms with E-state index in [1.54, 1.807) is 4.90 Å². The molecule has 1 amide bonds. The zero-order valence-electron chi connectivity index (χ0n) is 13.9. The highest BCUT2D eigenvalue weighted by Crippen LogP contribution is 2.26. The van der Waals surface area contributed by atoms with Crippen LogP contribution in [0.2, 0.25) is 5.02 Å². The van der Waals surface area contributed by atoms with E-state index in [0.29, 0.717) is 17.6 Å². The fourth-order valence-corrected chi connectivity index (χ4v) is 3.48. The van der Waals surface area contributed by atoms with Gasteiger partial charge in [-0.1, -0.05) is 29.4 Å². The molecule has 0 unspecified atom stereocenters. The lowest BCUT2D eigenvalue weighted by atomic mass is 10.2. The van der Waals surface area contributed by atoms with Crippen LogP contribution in [0, 0.1) is 0 Å². The minimum Gasteiger partial charge on any atom is -0.339 e. The first-order chi connectivity index (χ1) is 10.8. The number of hydroxylamine groups is 1. The summed E-state index contributed by atoms with van der Waals surface area (Å²) in [5, 5.41) is 0.0436. The minimum absolute atomic E-state index is 0.0436. The number of hydrogen-bond donors (Lipinski definition) is 0. The van der Waals surface area contributed by atoms with Crippen LogP contribution < -0.4 is 0 Å². The molecule has 0 atom stereocenters. The predicted molar refractivity (Wildman–Crippen MR) is 89.9 cm³/mol. The highest BCUT2D eigenvalue weighted by atomic mass is 35.5. The molecule has 0 spiro atoms. The second-order valence-electron chi connectivity index (χ2n) is 4.98. The van der Waals surface area contributed by atoms with E-state index in [9.17, 15) is 13.2 Å². The molecule has 0 aliphatic rings. The van der Waals surface area contributed by atoms with Gasteiger partial charge in [-0.2, -0.15) is 0 Å². The standard InChI is InChI=1S/C15H23ClN2O4S/c1-5-7-10-18(6-2)15(19)12-8-9-13(16)14(11-12)23(20,21)17(3)22-4/h8-9,11H,5-7,10H2,1-4H3. The fraction of sp³-hybridized carbons (Fsp3) is 0.533. The van der Waals surface area contributed by atoms with Crippen LogP contribution in [0.3, 0.4) is 0 Å². The topological polar surface area (TPSA) is 66.9 Å². The summed E-state index contributed by atoms with van der Waals surface area (Å²) >= 11 is 6.00. The number of sulfonamides is 1. The van der Waals surface area contributed by atoms with Crippen molar-refractivity contribution in [1.29, 1.82) is 0 Å². The third-order valence-electron chi connectivity index (χ3n) is 3.50. The lowest BCUT2D eigenvalue weighted by molar-refractivity contribution is -0.0258. The smallest absolute Gasteiger partial charge is 0.266 e. The first-order valence-electron chi connectivity index (χ1n) is 7.41. The molecule has 1 rings (SSSR count). The molecule has 0 aliphatic carbocycles. The van der Waals surface area contributed by atoms with Crippen LogP contribution in [0.15, 0.2) is 23.1 Å². The summed E-state index contributed by atoms with van der Waals surface area (Å²) in [6.45, 7) is 5.13. The highest BCUT2D eigenvalue weighted by molar-refractivity contribution is 7.89. The van der Waals surface area contributed by atoms with Gasteiger partial charge in [-0.15, -0.1) is 0 Å². The third-order valence-corrected chi connectivity index (χ3v) is 5.66. The number of amides is 1. The van der Waals surface area contributed by atoms with Crippen molar-refractivity contribution in [3.8, 4) is 0 Å². The molecule has 6 nitrogen and oxygen atoms in total. The molecular weight excluding hydrogens is 340 g/mol. The van der Waals surface area contributed by atoms with E-state index in [1.807, 2.05) is 13.8 Å². The number of carbonyl (C=O) groups excluding carboxylic acids is 1. The summed E-state index contributed by atoms with van der Waals surface area (Å²) in [5.74, 6) is -0.214. The number of rotatable bonds is 8. The van der Waals surface area contributed by atoms with Crippen molar-refractivity contribution in [2.75, 3.05) is 27.2 Å². The average molecular weight is 363 g/mol. The summed E-state index contributed by atoms with van der Waals surface area (Å²) in [6.07, 6.45) is 1.87. The van der Waals surface area contributed by atoms with Gasteiger partial charge in [-0.3, -0.25) is 9.63 Å². The molecule has 0 saturated carbocycles. The molecule has 1 aromatic rings. The minimum atomic E-state index is -3.92. The monoisotopic (exact) mass is 362 g/mol. The van der Waals surface area contributed by atoms with Gasteiger partial charge in [0.05, 0.1) is 12.1 Å². The van der Waals surface area contributed by atoms with Crippen molar-refractivity contribution in [2.45, 2.75) is 31.6 Å². The Bertz CT molecular complexity index is 649. The van der Waals surface area contributed by atoms with Gasteiger partial charge in [0.15, 0.2) is 0 Å². The Morgan fingerprint density at radius 3 is 2.48 bits per heavy atom. The Morgan fingerprint density at radius 1 is 1.30 bits per heavy atom. The summed E-state index contributed by atoms with van der Waals surface area (Å²) in [4.78, 5) is 18.8. The maximum absolute atomic E-state index is 12.6. The van der Waals surface area contributed by atoms with Crippen molar-refractivity contribution >= 4 is 27.5 Å². The SMILES string of the molecule is CCCCN(CC)C(=O)c1ccc(Cl)c(S(=O)(=O)N(C)OC)c1. The fourth-order valence-electron chi connectivity index (χ4n) is 2.01. The molecule has 0 heterocycles. The quantitative estimate of drug-likeness (QED) is 0.667. The maximum atomic E-state index is 12.6. The maximum Gasteiger partial charge on any atom is 0.266 e. The van der Waals surface area contributed by atoms with Gasteiger partial charge in [0.25, 0.3) is 15.9 Å². The lowest BCUT2D eigenvalue weighted by Gasteiger charge is -2.21. The van der Waals surface area contributed by atoms with E-state index in [4.69, 9.17) is 16.4 Å². The first-order valence-corrected chi connectivity index (χ1v) is 9.23. The number of nitrogens with zero attached hydrogens (tertiary/aromatic N) is 2. The summed E-state index contributed by atoms with van der Waals surface area (Å²) < 4.78 is 25.4. The number of carbonyl (C=O) groups is 1. The molecular formula is C15H23ClN2O4S. The highest BCUT2D eigenvalue weighted by Gasteiger charge is 2.26. The Labute approximate surface area is 143 Å². The Balaban J connectivity index is 3.21. The van der Waals surface area contributed by atoms with Gasteiger partial charge >= 0.3 is 0 Å². The van der Waals surface area contributed by atoms with Crippen LogP contribution in [0.4, 0.5) is 0 Å². The van der Waals surface area contributed by atoms with Gasteiger partial charge in [0.1, 0.15) is 4.90 Å². The van der Waals surface area contributed by atoms with Crippen LogP contribution in [0.5, 0.6) is 0 Å². The van der Waals surface area contributed by atoms with E-state index in [0.717, 1.165) is 12.8 Å². The lowest BCUT2D eigenvalue weighted by Crippen LogP contribution is -2.32. The van der Waals surface area contributed by atoms with Gasteiger partial charge in [-0.25, -0.2) is 8.42 Å². The van der Waals surface area contributed by atoms with Crippen molar-refractivity contribution < 1.29 is 18.0 Å². The van der Waals surface area contributed by atoms with Crippen molar-refractivity contribution in [1.82, 2.24) is 9.37 Å². The number of benzene rings is 1. The van der Waals surface area contributed by atoms with Crippen LogP contribution in [0.25, 0.3) is 0 Å². The van der Waals surface area contributed by atoms with Crippen LogP contribution in [0.1, 0.15) is 37.0 Å². The van der Waals surface area contributed by atoms with Gasteiger partial charge in [0, 0.05) is 25.7 Å². The summed E-state index contributed by atoms with van der Waals surface area (Å²) in [6, 6.07) is 4.24. The molecule has 0 radical (unpaired) electrons. The normalized spacial score (nSPS) is 11.7. The molecule has 0 bridgehead atoms. The van der Waals surface area contributed by atoms with E-state index in [2.05, 4.69) is 0 Å². The van der Waals surface area contributed by atoms with Crippen molar-refractivity contribution in [2.24, 2.45) is 0 Å². The second-order valence-corrected chi connectivity index (χ2v) is 7.29. The molecule has 23 heavy (non-hydrogen) atoms. The average Bonchev–Trinajstić information content (AvgIpc) is 2.54. The van der Waals surface area contributed by atoms with Gasteiger partial charge < -0.3 is 4.90 Å². The van der Waals surface area contributed by atoms with E-state index >= 15 is 0 Å². The van der Waals surface area contributed by atoms with Gasteiger partial charge in [0.2, 0.25) is 0 Å². The predicted octanol–water partition coefficient (Wildman–Crippen LogP) is 2.78. The largest absolute Gasteiger partial charge is 0.339 e. The molecule has 0 fully saturated rings. The van der Waals surface area contributed by atoms with E-state index in [1.165, 1.54) is 32.4 Å².